The van der Waals surface area contributed by atoms with E-state index in [1.807, 2.05) is 0 Å². The lowest BCUT2D eigenvalue weighted by Crippen LogP contribution is -2.36. The average molecular weight is 216 g/mol. The second-order valence-corrected chi connectivity index (χ2v) is 3.89. The Labute approximate surface area is 92.8 Å². The van der Waals surface area contributed by atoms with Crippen LogP contribution in [0.3, 0.4) is 0 Å². The number of hydrogen-bond donors (Lipinski definition) is 2. The largest absolute Gasteiger partial charge is 0.384 e. The van der Waals surface area contributed by atoms with Gasteiger partial charge in [-0.1, -0.05) is 20.3 Å². The lowest BCUT2D eigenvalue weighted by Gasteiger charge is -2.11. The van der Waals surface area contributed by atoms with E-state index in [1.165, 1.54) is 0 Å². The zero-order valence-electron chi connectivity index (χ0n) is 10.1. The van der Waals surface area contributed by atoms with E-state index < -0.39 is 0 Å². The van der Waals surface area contributed by atoms with Gasteiger partial charge in [-0.05, 0) is 12.3 Å². The van der Waals surface area contributed by atoms with Gasteiger partial charge in [0.2, 0.25) is 5.91 Å². The van der Waals surface area contributed by atoms with Crippen molar-refractivity contribution in [1.82, 2.24) is 10.6 Å². The highest BCUT2D eigenvalue weighted by molar-refractivity contribution is 5.77. The Bertz CT molecular complexity index is 163. The van der Waals surface area contributed by atoms with Gasteiger partial charge < -0.3 is 15.4 Å². The Kier molecular flexibility index (Phi) is 9.52. The summed E-state index contributed by atoms with van der Waals surface area (Å²) in [4.78, 5) is 11.3. The monoisotopic (exact) mass is 216 g/mol. The molecule has 0 aliphatic heterocycles. The minimum absolute atomic E-state index is 0.0769. The van der Waals surface area contributed by atoms with Crippen LogP contribution in [-0.2, 0) is 9.53 Å². The molecular formula is C11H24N2O2. The molecule has 0 aromatic carbocycles. The highest BCUT2D eigenvalue weighted by atomic mass is 16.5. The van der Waals surface area contributed by atoms with Crippen LogP contribution in [0, 0.1) is 5.92 Å². The van der Waals surface area contributed by atoms with E-state index in [9.17, 15) is 4.79 Å². The van der Waals surface area contributed by atoms with Crippen LogP contribution in [-0.4, -0.2) is 39.3 Å². The fraction of sp³-hybridized carbons (Fsp3) is 0.909. The molecule has 1 unspecified atom stereocenters. The predicted octanol–water partition coefficient (Wildman–Crippen LogP) is 0.775. The molecule has 0 saturated carbocycles. The summed E-state index contributed by atoms with van der Waals surface area (Å²) in [5, 5.41) is 5.96. The summed E-state index contributed by atoms with van der Waals surface area (Å²) >= 11 is 0. The lowest BCUT2D eigenvalue weighted by atomic mass is 10.2. The Balaban J connectivity index is 3.30. The first kappa shape index (κ1) is 14.4. The van der Waals surface area contributed by atoms with Crippen LogP contribution < -0.4 is 10.6 Å². The molecule has 0 heterocycles. The molecular weight excluding hydrogens is 192 g/mol. The first-order valence-corrected chi connectivity index (χ1v) is 5.67. The van der Waals surface area contributed by atoms with Crippen molar-refractivity contribution in [2.24, 2.45) is 5.92 Å². The standard InChI is InChI=1S/C11H24N2O2/c1-4-5-6-13-11(14)8-12-7-10(2)9-15-3/h10,12H,4-9H2,1-3H3,(H,13,14). The number of carbonyl (C=O) groups is 1. The van der Waals surface area contributed by atoms with Crippen molar-refractivity contribution < 1.29 is 9.53 Å². The summed E-state index contributed by atoms with van der Waals surface area (Å²) < 4.78 is 5.00. The summed E-state index contributed by atoms with van der Waals surface area (Å²) in [5.41, 5.74) is 0. The number of rotatable bonds is 9. The predicted molar refractivity (Wildman–Crippen MR) is 61.8 cm³/mol. The number of unbranched alkanes of at least 4 members (excludes halogenated alkanes) is 1. The maximum atomic E-state index is 11.3. The number of methoxy groups -OCH3 is 1. The molecule has 0 bridgehead atoms. The van der Waals surface area contributed by atoms with Gasteiger partial charge in [0.15, 0.2) is 0 Å². The third-order valence-corrected chi connectivity index (χ3v) is 2.08. The summed E-state index contributed by atoms with van der Waals surface area (Å²) in [6.45, 7) is 6.92. The first-order valence-electron chi connectivity index (χ1n) is 5.67. The van der Waals surface area contributed by atoms with Crippen molar-refractivity contribution in [2.75, 3.05) is 33.4 Å². The minimum Gasteiger partial charge on any atom is -0.384 e. The van der Waals surface area contributed by atoms with Gasteiger partial charge in [-0.3, -0.25) is 4.79 Å². The molecule has 15 heavy (non-hydrogen) atoms. The number of carbonyl (C=O) groups excluding carboxylic acids is 1. The molecule has 0 radical (unpaired) electrons. The molecule has 1 amide bonds. The topological polar surface area (TPSA) is 50.4 Å². The summed E-state index contributed by atoms with van der Waals surface area (Å²) in [6.07, 6.45) is 2.16. The van der Waals surface area contributed by atoms with E-state index >= 15 is 0 Å². The second-order valence-electron chi connectivity index (χ2n) is 3.89. The van der Waals surface area contributed by atoms with E-state index in [1.54, 1.807) is 7.11 Å². The number of nitrogens with one attached hydrogen (secondary N) is 2. The molecule has 4 nitrogen and oxygen atoms in total. The molecule has 0 rings (SSSR count). The quantitative estimate of drug-likeness (QED) is 0.560. The van der Waals surface area contributed by atoms with Crippen molar-refractivity contribution in [1.29, 1.82) is 0 Å². The summed E-state index contributed by atoms with van der Waals surface area (Å²) in [6, 6.07) is 0. The van der Waals surface area contributed by atoms with Crippen LogP contribution in [0.15, 0.2) is 0 Å². The average Bonchev–Trinajstić information content (AvgIpc) is 2.18. The van der Waals surface area contributed by atoms with Crippen LogP contribution >= 0.6 is 0 Å². The molecule has 0 aromatic heterocycles. The van der Waals surface area contributed by atoms with Gasteiger partial charge in [0.25, 0.3) is 0 Å². The van der Waals surface area contributed by atoms with Gasteiger partial charge in [-0.25, -0.2) is 0 Å². The van der Waals surface area contributed by atoms with Crippen LogP contribution in [0.25, 0.3) is 0 Å². The zero-order valence-corrected chi connectivity index (χ0v) is 10.1. The van der Waals surface area contributed by atoms with Gasteiger partial charge >= 0.3 is 0 Å². The molecule has 0 aliphatic carbocycles. The van der Waals surface area contributed by atoms with Gasteiger partial charge in [0, 0.05) is 26.8 Å². The van der Waals surface area contributed by atoms with Crippen LogP contribution in [0.4, 0.5) is 0 Å². The smallest absolute Gasteiger partial charge is 0.233 e. The van der Waals surface area contributed by atoms with Crippen molar-refractivity contribution in [2.45, 2.75) is 26.7 Å². The zero-order chi connectivity index (χ0) is 11.5. The van der Waals surface area contributed by atoms with Crippen molar-refractivity contribution in [3.05, 3.63) is 0 Å². The van der Waals surface area contributed by atoms with E-state index in [4.69, 9.17) is 4.74 Å². The molecule has 2 N–H and O–H groups in total. The van der Waals surface area contributed by atoms with Crippen LogP contribution in [0.2, 0.25) is 0 Å². The third-order valence-electron chi connectivity index (χ3n) is 2.08. The van der Waals surface area contributed by atoms with Crippen molar-refractivity contribution >= 4 is 5.91 Å². The SMILES string of the molecule is CCCCNC(=O)CNCC(C)COC. The van der Waals surface area contributed by atoms with E-state index in [2.05, 4.69) is 24.5 Å². The molecule has 0 spiro atoms. The van der Waals surface area contributed by atoms with Gasteiger partial charge in [-0.2, -0.15) is 0 Å². The molecule has 4 heteroatoms. The Morgan fingerprint density at radius 2 is 2.20 bits per heavy atom. The molecule has 0 aromatic rings. The molecule has 90 valence electrons. The number of hydrogen-bond acceptors (Lipinski definition) is 3. The minimum atomic E-state index is 0.0769. The van der Waals surface area contributed by atoms with Gasteiger partial charge in [-0.15, -0.1) is 0 Å². The highest BCUT2D eigenvalue weighted by Gasteiger charge is 2.03. The number of amides is 1. The Morgan fingerprint density at radius 3 is 2.80 bits per heavy atom. The summed E-state index contributed by atoms with van der Waals surface area (Å²) in [5.74, 6) is 0.520. The fourth-order valence-corrected chi connectivity index (χ4v) is 1.24. The Hall–Kier alpha value is -0.610. The normalized spacial score (nSPS) is 12.5. The lowest BCUT2D eigenvalue weighted by molar-refractivity contribution is -0.120. The van der Waals surface area contributed by atoms with Crippen LogP contribution in [0.5, 0.6) is 0 Å². The second kappa shape index (κ2) is 9.93. The van der Waals surface area contributed by atoms with Crippen LogP contribution in [0.1, 0.15) is 26.7 Å². The van der Waals surface area contributed by atoms with Crippen molar-refractivity contribution in [3.8, 4) is 0 Å². The maximum Gasteiger partial charge on any atom is 0.233 e. The molecule has 0 fully saturated rings. The Morgan fingerprint density at radius 1 is 1.47 bits per heavy atom. The number of ether oxygens (including phenoxy) is 1. The molecule has 1 atom stereocenters. The van der Waals surface area contributed by atoms with E-state index in [-0.39, 0.29) is 5.91 Å². The third kappa shape index (κ3) is 9.69. The first-order chi connectivity index (χ1) is 7.20. The maximum absolute atomic E-state index is 11.3. The molecule has 0 saturated heterocycles. The molecule has 0 aliphatic rings. The van der Waals surface area contributed by atoms with Gasteiger partial charge in [0.1, 0.15) is 0 Å². The van der Waals surface area contributed by atoms with E-state index in [0.717, 1.165) is 32.5 Å². The fourth-order valence-electron chi connectivity index (χ4n) is 1.24. The van der Waals surface area contributed by atoms with Crippen molar-refractivity contribution in [3.63, 3.8) is 0 Å². The van der Waals surface area contributed by atoms with Gasteiger partial charge in [0.05, 0.1) is 6.54 Å². The summed E-state index contributed by atoms with van der Waals surface area (Å²) in [7, 11) is 1.69. The van der Waals surface area contributed by atoms with E-state index in [0.29, 0.717) is 12.5 Å². The highest BCUT2D eigenvalue weighted by Crippen LogP contribution is 1.91.